The Kier molecular flexibility index (Phi) is 3.27. The SMILES string of the molecule is COC1CCCN(C2CCc3cc(O)ccc32)C1. The maximum Gasteiger partial charge on any atom is 0.115 e. The van der Waals surface area contributed by atoms with Gasteiger partial charge in [0.2, 0.25) is 0 Å². The highest BCUT2D eigenvalue weighted by Crippen LogP contribution is 2.38. The van der Waals surface area contributed by atoms with E-state index in [1.54, 1.807) is 0 Å². The van der Waals surface area contributed by atoms with Crippen LogP contribution in [-0.2, 0) is 11.2 Å². The van der Waals surface area contributed by atoms with E-state index >= 15 is 0 Å². The molecule has 3 rings (SSSR count). The molecule has 0 bridgehead atoms. The van der Waals surface area contributed by atoms with Gasteiger partial charge in [-0.25, -0.2) is 0 Å². The van der Waals surface area contributed by atoms with Crippen LogP contribution in [0.25, 0.3) is 0 Å². The van der Waals surface area contributed by atoms with E-state index in [0.29, 0.717) is 17.9 Å². The first-order chi connectivity index (χ1) is 8.78. The van der Waals surface area contributed by atoms with Crippen molar-refractivity contribution >= 4 is 0 Å². The lowest BCUT2D eigenvalue weighted by Crippen LogP contribution is -2.40. The van der Waals surface area contributed by atoms with Gasteiger partial charge in [-0.15, -0.1) is 0 Å². The second-order valence-electron chi connectivity index (χ2n) is 5.43. The zero-order valence-electron chi connectivity index (χ0n) is 10.9. The van der Waals surface area contributed by atoms with Gasteiger partial charge in [-0.2, -0.15) is 0 Å². The zero-order chi connectivity index (χ0) is 12.5. The molecule has 1 heterocycles. The maximum atomic E-state index is 9.54. The van der Waals surface area contributed by atoms with Crippen molar-refractivity contribution in [2.45, 2.75) is 37.8 Å². The number of phenols is 1. The number of aryl methyl sites for hydroxylation is 1. The molecule has 1 fully saturated rings. The predicted molar refractivity (Wildman–Crippen MR) is 70.8 cm³/mol. The summed E-state index contributed by atoms with van der Waals surface area (Å²) < 4.78 is 5.51. The summed E-state index contributed by atoms with van der Waals surface area (Å²) in [5.41, 5.74) is 2.73. The van der Waals surface area contributed by atoms with Crippen LogP contribution in [0.3, 0.4) is 0 Å². The molecule has 0 amide bonds. The highest BCUT2D eigenvalue weighted by molar-refractivity contribution is 5.40. The average molecular weight is 247 g/mol. The van der Waals surface area contributed by atoms with E-state index < -0.39 is 0 Å². The van der Waals surface area contributed by atoms with Crippen molar-refractivity contribution in [2.75, 3.05) is 20.2 Å². The van der Waals surface area contributed by atoms with E-state index in [-0.39, 0.29) is 0 Å². The Bertz CT molecular complexity index is 433. The topological polar surface area (TPSA) is 32.7 Å². The summed E-state index contributed by atoms with van der Waals surface area (Å²) in [6, 6.07) is 6.36. The Morgan fingerprint density at radius 2 is 2.22 bits per heavy atom. The third kappa shape index (κ3) is 2.13. The lowest BCUT2D eigenvalue weighted by atomic mass is 10.0. The second-order valence-corrected chi connectivity index (χ2v) is 5.43. The number of fused-ring (bicyclic) bond motifs is 1. The Morgan fingerprint density at radius 1 is 1.33 bits per heavy atom. The van der Waals surface area contributed by atoms with E-state index in [1.807, 2.05) is 19.2 Å². The van der Waals surface area contributed by atoms with Crippen molar-refractivity contribution in [2.24, 2.45) is 0 Å². The number of methoxy groups -OCH3 is 1. The molecule has 2 unspecified atom stereocenters. The molecular weight excluding hydrogens is 226 g/mol. The van der Waals surface area contributed by atoms with Gasteiger partial charge < -0.3 is 9.84 Å². The summed E-state index contributed by atoms with van der Waals surface area (Å²) >= 11 is 0. The van der Waals surface area contributed by atoms with Gasteiger partial charge in [-0.3, -0.25) is 4.90 Å². The lowest BCUT2D eigenvalue weighted by Gasteiger charge is -2.36. The van der Waals surface area contributed by atoms with Gasteiger partial charge >= 0.3 is 0 Å². The minimum atomic E-state index is 0.389. The highest BCUT2D eigenvalue weighted by Gasteiger charge is 2.31. The summed E-state index contributed by atoms with van der Waals surface area (Å²) in [6.45, 7) is 2.21. The van der Waals surface area contributed by atoms with E-state index in [2.05, 4.69) is 11.0 Å². The molecule has 0 radical (unpaired) electrons. The summed E-state index contributed by atoms with van der Waals surface area (Å²) in [5, 5.41) is 9.54. The zero-order valence-corrected chi connectivity index (χ0v) is 10.9. The highest BCUT2D eigenvalue weighted by atomic mass is 16.5. The molecule has 0 saturated carbocycles. The monoisotopic (exact) mass is 247 g/mol. The largest absolute Gasteiger partial charge is 0.508 e. The normalized spacial score (nSPS) is 28.3. The fourth-order valence-electron chi connectivity index (χ4n) is 3.40. The average Bonchev–Trinajstić information content (AvgIpc) is 2.81. The fourth-order valence-corrected chi connectivity index (χ4v) is 3.40. The van der Waals surface area contributed by atoms with Gasteiger partial charge in [-0.05, 0) is 55.5 Å². The standard InChI is InChI=1S/C15H21NO2/c1-18-13-3-2-8-16(10-13)15-7-4-11-9-12(17)5-6-14(11)15/h5-6,9,13,15,17H,2-4,7-8,10H2,1H3. The van der Waals surface area contributed by atoms with Gasteiger partial charge in [0, 0.05) is 19.7 Å². The molecule has 3 heteroatoms. The van der Waals surface area contributed by atoms with Crippen LogP contribution >= 0.6 is 0 Å². The number of nitrogens with zero attached hydrogens (tertiary/aromatic N) is 1. The Balaban J connectivity index is 1.79. The van der Waals surface area contributed by atoms with Crippen LogP contribution < -0.4 is 0 Å². The number of hydrogen-bond acceptors (Lipinski definition) is 3. The number of rotatable bonds is 2. The van der Waals surface area contributed by atoms with Crippen molar-refractivity contribution in [1.82, 2.24) is 4.90 Å². The lowest BCUT2D eigenvalue weighted by molar-refractivity contribution is 0.0143. The van der Waals surface area contributed by atoms with Gasteiger partial charge in [0.25, 0.3) is 0 Å². The van der Waals surface area contributed by atoms with Gasteiger partial charge in [0.05, 0.1) is 6.10 Å². The number of piperidine rings is 1. The molecule has 1 saturated heterocycles. The molecule has 1 N–H and O–H groups in total. The third-order valence-electron chi connectivity index (χ3n) is 4.36. The Labute approximate surface area is 108 Å². The van der Waals surface area contributed by atoms with Crippen LogP contribution in [-0.4, -0.2) is 36.3 Å². The molecule has 0 aromatic heterocycles. The van der Waals surface area contributed by atoms with Crippen LogP contribution in [0.1, 0.15) is 36.4 Å². The van der Waals surface area contributed by atoms with E-state index in [0.717, 1.165) is 13.0 Å². The molecule has 3 nitrogen and oxygen atoms in total. The molecule has 1 aliphatic carbocycles. The minimum absolute atomic E-state index is 0.389. The number of aromatic hydroxyl groups is 1. The summed E-state index contributed by atoms with van der Waals surface area (Å²) in [5.74, 6) is 0.391. The van der Waals surface area contributed by atoms with E-state index in [1.165, 1.54) is 36.9 Å². The van der Waals surface area contributed by atoms with Gasteiger partial charge in [0.15, 0.2) is 0 Å². The van der Waals surface area contributed by atoms with Crippen molar-refractivity contribution in [1.29, 1.82) is 0 Å². The van der Waals surface area contributed by atoms with Crippen LogP contribution in [0, 0.1) is 0 Å². The molecule has 1 aromatic carbocycles. The van der Waals surface area contributed by atoms with Crippen LogP contribution in [0.2, 0.25) is 0 Å². The number of hydrogen-bond donors (Lipinski definition) is 1. The first kappa shape index (κ1) is 12.0. The molecule has 2 atom stereocenters. The smallest absolute Gasteiger partial charge is 0.115 e. The maximum absolute atomic E-state index is 9.54. The van der Waals surface area contributed by atoms with Crippen LogP contribution in [0.5, 0.6) is 5.75 Å². The molecule has 1 aromatic rings. The molecule has 0 spiro atoms. The van der Waals surface area contributed by atoms with Gasteiger partial charge in [0.1, 0.15) is 5.75 Å². The van der Waals surface area contributed by atoms with Gasteiger partial charge in [-0.1, -0.05) is 6.07 Å². The number of likely N-dealkylation sites (tertiary alicyclic amines) is 1. The van der Waals surface area contributed by atoms with Crippen LogP contribution in [0.4, 0.5) is 0 Å². The molecular formula is C15H21NO2. The quantitative estimate of drug-likeness (QED) is 0.871. The second kappa shape index (κ2) is 4.90. The first-order valence-electron chi connectivity index (χ1n) is 6.86. The first-order valence-corrected chi connectivity index (χ1v) is 6.86. The van der Waals surface area contributed by atoms with Crippen molar-refractivity contribution in [3.05, 3.63) is 29.3 Å². The third-order valence-corrected chi connectivity index (χ3v) is 4.36. The van der Waals surface area contributed by atoms with Crippen molar-refractivity contribution < 1.29 is 9.84 Å². The summed E-state index contributed by atoms with van der Waals surface area (Å²) in [4.78, 5) is 2.56. The van der Waals surface area contributed by atoms with E-state index in [9.17, 15) is 5.11 Å². The van der Waals surface area contributed by atoms with Crippen molar-refractivity contribution in [3.8, 4) is 5.75 Å². The Morgan fingerprint density at radius 3 is 3.06 bits per heavy atom. The van der Waals surface area contributed by atoms with E-state index in [4.69, 9.17) is 4.74 Å². The van der Waals surface area contributed by atoms with Crippen LogP contribution in [0.15, 0.2) is 18.2 Å². The molecule has 18 heavy (non-hydrogen) atoms. The number of phenolic OH excluding ortho intramolecular Hbond substituents is 1. The predicted octanol–water partition coefficient (Wildman–Crippen LogP) is 2.49. The summed E-state index contributed by atoms with van der Waals surface area (Å²) in [7, 11) is 1.81. The minimum Gasteiger partial charge on any atom is -0.508 e. The molecule has 1 aliphatic heterocycles. The number of ether oxygens (including phenoxy) is 1. The fraction of sp³-hybridized carbons (Fsp3) is 0.600. The number of benzene rings is 1. The molecule has 98 valence electrons. The summed E-state index contributed by atoms with van der Waals surface area (Å²) in [6.07, 6.45) is 5.06. The Hall–Kier alpha value is -1.06. The molecule has 2 aliphatic rings. The van der Waals surface area contributed by atoms with Crippen molar-refractivity contribution in [3.63, 3.8) is 0 Å².